The third-order valence-corrected chi connectivity index (χ3v) is 2.69. The van der Waals surface area contributed by atoms with E-state index in [0.717, 1.165) is 37.9 Å². The van der Waals surface area contributed by atoms with Crippen LogP contribution in [0.15, 0.2) is 11.8 Å². The largest absolute Gasteiger partial charge is 0.443 e. The zero-order valence-electron chi connectivity index (χ0n) is 11.6. The zero-order chi connectivity index (χ0) is 12.9. The Bertz CT molecular complexity index is 289. The molecule has 0 radical (unpaired) electrons. The number of likely N-dealkylation sites (tertiary alicyclic amines) is 1. The highest BCUT2D eigenvalue weighted by atomic mass is 16.6. The van der Waals surface area contributed by atoms with Crippen LogP contribution < -0.4 is 0 Å². The second kappa shape index (κ2) is 6.08. The first-order valence-electron chi connectivity index (χ1n) is 6.63. The summed E-state index contributed by atoms with van der Waals surface area (Å²) < 4.78 is 5.43. The average molecular weight is 239 g/mol. The van der Waals surface area contributed by atoms with Crippen LogP contribution in [0.5, 0.6) is 0 Å². The number of carbonyl (C=O) groups excluding carboxylic acids is 1. The summed E-state index contributed by atoms with van der Waals surface area (Å²) in [4.78, 5) is 13.9. The standard InChI is InChI=1S/C14H25NO2/c1-5-6-9-12-10-7-8-11-15(12)13(16)17-14(2,3)4/h9H,5-8,10-11H2,1-4H3/b12-9+. The summed E-state index contributed by atoms with van der Waals surface area (Å²) in [5.74, 6) is 0. The highest BCUT2D eigenvalue weighted by Crippen LogP contribution is 2.23. The Labute approximate surface area is 105 Å². The molecular formula is C14H25NO2. The highest BCUT2D eigenvalue weighted by Gasteiger charge is 2.26. The smallest absolute Gasteiger partial charge is 0.414 e. The van der Waals surface area contributed by atoms with Crippen LogP contribution in [0, 0.1) is 0 Å². The minimum atomic E-state index is -0.412. The van der Waals surface area contributed by atoms with Gasteiger partial charge in [-0.15, -0.1) is 0 Å². The van der Waals surface area contributed by atoms with Crippen molar-refractivity contribution >= 4 is 6.09 Å². The molecule has 0 N–H and O–H groups in total. The molecule has 0 aliphatic carbocycles. The molecule has 0 saturated carbocycles. The van der Waals surface area contributed by atoms with Crippen molar-refractivity contribution in [2.75, 3.05) is 6.54 Å². The van der Waals surface area contributed by atoms with Gasteiger partial charge in [-0.3, -0.25) is 4.90 Å². The van der Waals surface area contributed by atoms with Crippen LogP contribution in [-0.4, -0.2) is 23.1 Å². The van der Waals surface area contributed by atoms with E-state index in [1.807, 2.05) is 25.7 Å². The van der Waals surface area contributed by atoms with E-state index in [-0.39, 0.29) is 6.09 Å². The quantitative estimate of drug-likeness (QED) is 0.726. The lowest BCUT2D eigenvalue weighted by Crippen LogP contribution is -2.38. The summed E-state index contributed by atoms with van der Waals surface area (Å²) in [6.45, 7) is 8.67. The van der Waals surface area contributed by atoms with Crippen LogP contribution in [0.3, 0.4) is 0 Å². The Balaban J connectivity index is 2.67. The number of nitrogens with zero attached hydrogens (tertiary/aromatic N) is 1. The van der Waals surface area contributed by atoms with E-state index < -0.39 is 5.60 Å². The van der Waals surface area contributed by atoms with E-state index in [9.17, 15) is 4.79 Å². The number of carbonyl (C=O) groups is 1. The monoisotopic (exact) mass is 239 g/mol. The van der Waals surface area contributed by atoms with E-state index >= 15 is 0 Å². The molecule has 1 amide bonds. The van der Waals surface area contributed by atoms with E-state index in [4.69, 9.17) is 4.74 Å². The van der Waals surface area contributed by atoms with Gasteiger partial charge in [-0.25, -0.2) is 4.79 Å². The van der Waals surface area contributed by atoms with Crippen molar-refractivity contribution in [3.05, 3.63) is 11.8 Å². The molecule has 1 saturated heterocycles. The third-order valence-electron chi connectivity index (χ3n) is 2.69. The molecule has 0 aromatic carbocycles. The first-order valence-corrected chi connectivity index (χ1v) is 6.63. The number of allylic oxidation sites excluding steroid dienone is 2. The Morgan fingerprint density at radius 1 is 1.41 bits per heavy atom. The van der Waals surface area contributed by atoms with Gasteiger partial charge in [0.25, 0.3) is 0 Å². The maximum atomic E-state index is 12.1. The fourth-order valence-electron chi connectivity index (χ4n) is 1.90. The van der Waals surface area contributed by atoms with Crippen molar-refractivity contribution in [3.63, 3.8) is 0 Å². The van der Waals surface area contributed by atoms with Crippen molar-refractivity contribution in [1.29, 1.82) is 0 Å². The van der Waals surface area contributed by atoms with Crippen molar-refractivity contribution < 1.29 is 9.53 Å². The molecule has 1 aliphatic rings. The first-order chi connectivity index (χ1) is 7.94. The van der Waals surface area contributed by atoms with Gasteiger partial charge in [0.1, 0.15) is 5.60 Å². The van der Waals surface area contributed by atoms with Gasteiger partial charge in [0, 0.05) is 12.2 Å². The molecule has 3 nitrogen and oxygen atoms in total. The fraction of sp³-hybridized carbons (Fsp3) is 0.786. The van der Waals surface area contributed by atoms with Gasteiger partial charge in [-0.05, 0) is 46.5 Å². The first kappa shape index (κ1) is 14.1. The molecule has 17 heavy (non-hydrogen) atoms. The van der Waals surface area contributed by atoms with Gasteiger partial charge in [0.15, 0.2) is 0 Å². The van der Waals surface area contributed by atoms with Gasteiger partial charge in [0.2, 0.25) is 0 Å². The summed E-state index contributed by atoms with van der Waals surface area (Å²) >= 11 is 0. The number of unbranched alkanes of at least 4 members (excludes halogenated alkanes) is 1. The topological polar surface area (TPSA) is 29.5 Å². The molecular weight excluding hydrogens is 214 g/mol. The summed E-state index contributed by atoms with van der Waals surface area (Å²) in [5, 5.41) is 0. The maximum Gasteiger partial charge on any atom is 0.414 e. The second-order valence-electron chi connectivity index (χ2n) is 5.57. The number of hydrogen-bond donors (Lipinski definition) is 0. The van der Waals surface area contributed by atoms with E-state index in [0.29, 0.717) is 0 Å². The lowest BCUT2D eigenvalue weighted by Gasteiger charge is -2.32. The average Bonchev–Trinajstić information content (AvgIpc) is 2.24. The highest BCUT2D eigenvalue weighted by molar-refractivity contribution is 5.70. The number of amides is 1. The summed E-state index contributed by atoms with van der Waals surface area (Å²) in [6, 6.07) is 0. The van der Waals surface area contributed by atoms with Crippen LogP contribution in [0.25, 0.3) is 0 Å². The molecule has 3 heteroatoms. The second-order valence-corrected chi connectivity index (χ2v) is 5.57. The molecule has 0 bridgehead atoms. The van der Waals surface area contributed by atoms with Crippen LogP contribution in [-0.2, 0) is 4.74 Å². The molecule has 0 spiro atoms. The van der Waals surface area contributed by atoms with E-state index in [1.165, 1.54) is 6.42 Å². The predicted molar refractivity (Wildman–Crippen MR) is 69.8 cm³/mol. The van der Waals surface area contributed by atoms with Crippen LogP contribution in [0.4, 0.5) is 4.79 Å². The number of ether oxygens (including phenoxy) is 1. The molecule has 98 valence electrons. The molecule has 1 heterocycles. The molecule has 0 aromatic rings. The van der Waals surface area contributed by atoms with Crippen molar-refractivity contribution in [3.8, 4) is 0 Å². The summed E-state index contributed by atoms with van der Waals surface area (Å²) in [6.07, 6.45) is 7.39. The molecule has 0 unspecified atom stereocenters. The Morgan fingerprint density at radius 3 is 2.71 bits per heavy atom. The Hall–Kier alpha value is -0.990. The van der Waals surface area contributed by atoms with Crippen LogP contribution in [0.2, 0.25) is 0 Å². The predicted octanol–water partition coefficient (Wildman–Crippen LogP) is 4.09. The fourth-order valence-corrected chi connectivity index (χ4v) is 1.90. The minimum absolute atomic E-state index is 0.195. The SMILES string of the molecule is CCC/C=C1\CCCCN1C(=O)OC(C)(C)C. The Kier molecular flexibility index (Phi) is 5.03. The molecule has 1 aliphatic heterocycles. The molecule has 0 aromatic heterocycles. The summed E-state index contributed by atoms with van der Waals surface area (Å²) in [7, 11) is 0. The van der Waals surface area contributed by atoms with Gasteiger partial charge < -0.3 is 4.74 Å². The van der Waals surface area contributed by atoms with Gasteiger partial charge in [0.05, 0.1) is 0 Å². The summed E-state index contributed by atoms with van der Waals surface area (Å²) in [5.41, 5.74) is 0.733. The van der Waals surface area contributed by atoms with Gasteiger partial charge >= 0.3 is 6.09 Å². The van der Waals surface area contributed by atoms with Crippen LogP contribution in [0.1, 0.15) is 59.8 Å². The molecule has 1 rings (SSSR count). The number of hydrogen-bond acceptors (Lipinski definition) is 2. The van der Waals surface area contributed by atoms with Crippen molar-refractivity contribution in [2.45, 2.75) is 65.4 Å². The molecule has 1 fully saturated rings. The maximum absolute atomic E-state index is 12.1. The van der Waals surface area contributed by atoms with E-state index in [2.05, 4.69) is 13.0 Å². The zero-order valence-corrected chi connectivity index (χ0v) is 11.6. The minimum Gasteiger partial charge on any atom is -0.443 e. The third kappa shape index (κ3) is 4.80. The number of piperidine rings is 1. The number of rotatable bonds is 2. The van der Waals surface area contributed by atoms with Gasteiger partial charge in [-0.2, -0.15) is 0 Å². The van der Waals surface area contributed by atoms with Gasteiger partial charge in [-0.1, -0.05) is 19.4 Å². The molecule has 0 atom stereocenters. The Morgan fingerprint density at radius 2 is 2.12 bits per heavy atom. The van der Waals surface area contributed by atoms with E-state index in [1.54, 1.807) is 0 Å². The van der Waals surface area contributed by atoms with Crippen LogP contribution >= 0.6 is 0 Å². The van der Waals surface area contributed by atoms with Crippen molar-refractivity contribution in [1.82, 2.24) is 4.90 Å². The lowest BCUT2D eigenvalue weighted by molar-refractivity contribution is 0.0285. The normalized spacial score (nSPS) is 19.5. The lowest BCUT2D eigenvalue weighted by atomic mass is 10.1. The van der Waals surface area contributed by atoms with Crippen molar-refractivity contribution in [2.24, 2.45) is 0 Å².